The first-order valence-electron chi connectivity index (χ1n) is 4.89. The van der Waals surface area contributed by atoms with Gasteiger partial charge >= 0.3 is 0 Å². The van der Waals surface area contributed by atoms with Gasteiger partial charge in [0.25, 0.3) is 0 Å². The minimum absolute atomic E-state index is 0.0340. The van der Waals surface area contributed by atoms with Crippen LogP contribution in [0.4, 0.5) is 5.69 Å². The van der Waals surface area contributed by atoms with Crippen LogP contribution in [0.1, 0.15) is 0 Å². The topological polar surface area (TPSA) is 34.0 Å². The molecule has 1 N–H and O–H groups in total. The van der Waals surface area contributed by atoms with E-state index < -0.39 is 0 Å². The quantitative estimate of drug-likeness (QED) is 0.814. The van der Waals surface area contributed by atoms with Crippen molar-refractivity contribution in [3.8, 4) is 5.69 Å². The third-order valence-electron chi connectivity index (χ3n) is 2.15. The Balaban J connectivity index is 2.23. The third-order valence-corrected chi connectivity index (χ3v) is 2.40. The van der Waals surface area contributed by atoms with Gasteiger partial charge in [-0.3, -0.25) is 4.79 Å². The summed E-state index contributed by atoms with van der Waals surface area (Å²) in [5, 5.41) is 2.71. The molecule has 16 heavy (non-hydrogen) atoms. The van der Waals surface area contributed by atoms with Gasteiger partial charge < -0.3 is 9.88 Å². The zero-order chi connectivity index (χ0) is 11.4. The fourth-order valence-corrected chi connectivity index (χ4v) is 1.51. The standard InChI is InChI=1S/C12H11ClN2O/c13-9-12(16)14-10-4-3-5-11(8-10)15-6-1-2-7-15/h1-8H,9H2,(H,14,16). The number of halogens is 1. The minimum Gasteiger partial charge on any atom is -0.325 e. The predicted octanol–water partition coefficient (Wildman–Crippen LogP) is 2.65. The Morgan fingerprint density at radius 1 is 1.25 bits per heavy atom. The number of benzene rings is 1. The first-order valence-corrected chi connectivity index (χ1v) is 5.42. The van der Waals surface area contributed by atoms with Crippen molar-refractivity contribution in [3.05, 3.63) is 48.8 Å². The molecule has 0 aliphatic carbocycles. The van der Waals surface area contributed by atoms with Crippen molar-refractivity contribution in [2.45, 2.75) is 0 Å². The summed E-state index contributed by atoms with van der Waals surface area (Å²) in [6, 6.07) is 11.5. The average Bonchev–Trinajstić information content (AvgIpc) is 2.83. The summed E-state index contributed by atoms with van der Waals surface area (Å²) in [4.78, 5) is 11.1. The molecule has 1 aromatic heterocycles. The molecular formula is C12H11ClN2O. The van der Waals surface area contributed by atoms with Crippen molar-refractivity contribution >= 4 is 23.2 Å². The predicted molar refractivity (Wildman–Crippen MR) is 65.1 cm³/mol. The summed E-state index contributed by atoms with van der Waals surface area (Å²) in [6.07, 6.45) is 3.89. The second-order valence-electron chi connectivity index (χ2n) is 3.32. The number of carbonyl (C=O) groups is 1. The van der Waals surface area contributed by atoms with Crippen molar-refractivity contribution in [1.82, 2.24) is 4.57 Å². The molecule has 0 unspecified atom stereocenters. The first-order chi connectivity index (χ1) is 7.79. The Bertz CT molecular complexity index is 480. The van der Waals surface area contributed by atoms with Crippen LogP contribution >= 0.6 is 11.6 Å². The summed E-state index contributed by atoms with van der Waals surface area (Å²) < 4.78 is 1.97. The van der Waals surface area contributed by atoms with Gasteiger partial charge in [0.05, 0.1) is 0 Å². The number of hydrogen-bond donors (Lipinski definition) is 1. The number of nitrogens with zero attached hydrogens (tertiary/aromatic N) is 1. The van der Waals surface area contributed by atoms with Gasteiger partial charge in [-0.1, -0.05) is 6.07 Å². The molecule has 82 valence electrons. The number of amides is 1. The second-order valence-corrected chi connectivity index (χ2v) is 3.59. The highest BCUT2D eigenvalue weighted by molar-refractivity contribution is 6.29. The molecule has 2 aromatic rings. The molecule has 0 spiro atoms. The molecule has 0 saturated heterocycles. The number of anilines is 1. The maximum atomic E-state index is 11.1. The number of nitrogens with one attached hydrogen (secondary N) is 1. The van der Waals surface area contributed by atoms with Crippen LogP contribution in [0, 0.1) is 0 Å². The summed E-state index contributed by atoms with van der Waals surface area (Å²) in [5.74, 6) is -0.236. The van der Waals surface area contributed by atoms with Gasteiger partial charge in [-0.25, -0.2) is 0 Å². The van der Waals surface area contributed by atoms with Crippen molar-refractivity contribution in [1.29, 1.82) is 0 Å². The maximum Gasteiger partial charge on any atom is 0.239 e. The summed E-state index contributed by atoms with van der Waals surface area (Å²) >= 11 is 5.42. The van der Waals surface area contributed by atoms with E-state index in [0.717, 1.165) is 11.4 Å². The van der Waals surface area contributed by atoms with Crippen LogP contribution in [0.25, 0.3) is 5.69 Å². The van der Waals surface area contributed by atoms with Gasteiger partial charge in [0.15, 0.2) is 0 Å². The van der Waals surface area contributed by atoms with Gasteiger partial charge in [-0.05, 0) is 30.3 Å². The van der Waals surface area contributed by atoms with Gasteiger partial charge in [-0.2, -0.15) is 0 Å². The molecule has 0 atom stereocenters. The summed E-state index contributed by atoms with van der Waals surface area (Å²) in [7, 11) is 0. The van der Waals surface area contributed by atoms with E-state index in [1.54, 1.807) is 0 Å². The van der Waals surface area contributed by atoms with E-state index in [-0.39, 0.29) is 11.8 Å². The molecule has 0 radical (unpaired) electrons. The second kappa shape index (κ2) is 4.86. The van der Waals surface area contributed by atoms with Crippen molar-refractivity contribution in [2.24, 2.45) is 0 Å². The van der Waals surface area contributed by atoms with E-state index >= 15 is 0 Å². The average molecular weight is 235 g/mol. The van der Waals surface area contributed by atoms with E-state index in [1.807, 2.05) is 53.4 Å². The Morgan fingerprint density at radius 2 is 2.00 bits per heavy atom. The Labute approximate surface area is 98.7 Å². The van der Waals surface area contributed by atoms with Crippen LogP contribution in [0.15, 0.2) is 48.8 Å². The Hall–Kier alpha value is -1.74. The molecule has 0 aliphatic rings. The van der Waals surface area contributed by atoms with Crippen LogP contribution < -0.4 is 5.32 Å². The van der Waals surface area contributed by atoms with Crippen LogP contribution in [0.2, 0.25) is 0 Å². The smallest absolute Gasteiger partial charge is 0.239 e. The fraction of sp³-hybridized carbons (Fsp3) is 0.0833. The molecule has 4 heteroatoms. The molecule has 0 bridgehead atoms. The van der Waals surface area contributed by atoms with Crippen LogP contribution in [0.5, 0.6) is 0 Å². The lowest BCUT2D eigenvalue weighted by Gasteiger charge is -2.07. The van der Waals surface area contributed by atoms with E-state index in [4.69, 9.17) is 11.6 Å². The zero-order valence-corrected chi connectivity index (χ0v) is 9.32. The lowest BCUT2D eigenvalue weighted by Crippen LogP contribution is -2.12. The van der Waals surface area contributed by atoms with Crippen LogP contribution in [-0.4, -0.2) is 16.4 Å². The number of alkyl halides is 1. The molecule has 3 nitrogen and oxygen atoms in total. The molecule has 0 fully saturated rings. The zero-order valence-electron chi connectivity index (χ0n) is 8.56. The first kappa shape index (κ1) is 10.8. The molecule has 1 heterocycles. The maximum absolute atomic E-state index is 11.1. The molecule has 0 aliphatic heterocycles. The third kappa shape index (κ3) is 2.44. The van der Waals surface area contributed by atoms with Crippen LogP contribution in [-0.2, 0) is 4.79 Å². The van der Waals surface area contributed by atoms with Gasteiger partial charge in [0.2, 0.25) is 5.91 Å². The summed E-state index contributed by atoms with van der Waals surface area (Å²) in [6.45, 7) is 0. The minimum atomic E-state index is -0.202. The fourth-order valence-electron chi connectivity index (χ4n) is 1.45. The van der Waals surface area contributed by atoms with Crippen LogP contribution in [0.3, 0.4) is 0 Å². The lowest BCUT2D eigenvalue weighted by molar-refractivity contribution is -0.113. The van der Waals surface area contributed by atoms with Gasteiger partial charge in [0, 0.05) is 23.8 Å². The molecule has 2 rings (SSSR count). The van der Waals surface area contributed by atoms with Gasteiger partial charge in [0.1, 0.15) is 5.88 Å². The number of carbonyl (C=O) groups excluding carboxylic acids is 1. The van der Waals surface area contributed by atoms with E-state index in [2.05, 4.69) is 5.32 Å². The number of rotatable bonds is 3. The molecular weight excluding hydrogens is 224 g/mol. The lowest BCUT2D eigenvalue weighted by atomic mass is 10.2. The summed E-state index contributed by atoms with van der Waals surface area (Å²) in [5.41, 5.74) is 1.74. The Kier molecular flexibility index (Phi) is 3.27. The van der Waals surface area contributed by atoms with E-state index in [1.165, 1.54) is 0 Å². The normalized spacial score (nSPS) is 10.1. The van der Waals surface area contributed by atoms with Crippen molar-refractivity contribution in [3.63, 3.8) is 0 Å². The van der Waals surface area contributed by atoms with Crippen molar-refractivity contribution < 1.29 is 4.79 Å². The molecule has 0 saturated carbocycles. The molecule has 1 amide bonds. The monoisotopic (exact) mass is 234 g/mol. The SMILES string of the molecule is O=C(CCl)Nc1cccc(-n2cccc2)c1. The highest BCUT2D eigenvalue weighted by atomic mass is 35.5. The number of hydrogen-bond acceptors (Lipinski definition) is 1. The van der Waals surface area contributed by atoms with E-state index in [9.17, 15) is 4.79 Å². The van der Waals surface area contributed by atoms with E-state index in [0.29, 0.717) is 0 Å². The van der Waals surface area contributed by atoms with Crippen molar-refractivity contribution in [2.75, 3.05) is 11.2 Å². The van der Waals surface area contributed by atoms with Gasteiger partial charge in [-0.15, -0.1) is 11.6 Å². The Morgan fingerprint density at radius 3 is 2.69 bits per heavy atom. The largest absolute Gasteiger partial charge is 0.325 e. The number of aromatic nitrogens is 1. The highest BCUT2D eigenvalue weighted by Crippen LogP contribution is 2.14. The molecule has 1 aromatic carbocycles. The highest BCUT2D eigenvalue weighted by Gasteiger charge is 2.01.